The van der Waals surface area contributed by atoms with Gasteiger partial charge in [0.1, 0.15) is 33.5 Å². The van der Waals surface area contributed by atoms with E-state index in [1.165, 1.54) is 69.4 Å². The zero-order valence-electron chi connectivity index (χ0n) is 32.6. The van der Waals surface area contributed by atoms with E-state index in [4.69, 9.17) is 18.7 Å². The van der Waals surface area contributed by atoms with Crippen molar-refractivity contribution >= 4 is 79.1 Å². The summed E-state index contributed by atoms with van der Waals surface area (Å²) in [5.41, 5.74) is 12.6. The quantitative estimate of drug-likeness (QED) is 0.109. The highest BCUT2D eigenvalue weighted by molar-refractivity contribution is 7.19. The second-order valence-electron chi connectivity index (χ2n) is 14.8. The normalized spacial score (nSPS) is 11.9. The molecular weight excluding hydrogens is 793 g/mol. The Morgan fingerprint density at radius 3 is 1.21 bits per heavy atom. The van der Waals surface area contributed by atoms with Gasteiger partial charge in [0.05, 0.1) is 21.5 Å². The van der Waals surface area contributed by atoms with Crippen LogP contribution >= 0.6 is 57.1 Å². The summed E-state index contributed by atoms with van der Waals surface area (Å²) < 4.78 is 10.0. The Hall–Kier alpha value is -4.38. The average molecular weight is 837 g/mol. The molecule has 3 aromatic carbocycles. The van der Waals surface area contributed by atoms with Crippen molar-refractivity contribution in [1.29, 1.82) is 0 Å². The number of fused-ring (bicyclic) bond motifs is 2. The lowest BCUT2D eigenvalue weighted by atomic mass is 9.94. The molecule has 0 N–H and O–H groups in total. The molecule has 6 heterocycles. The topological polar surface area (TPSA) is 51.6 Å². The fourth-order valence-electron chi connectivity index (χ4n) is 7.85. The van der Waals surface area contributed by atoms with Gasteiger partial charge in [-0.3, -0.25) is 0 Å². The van der Waals surface area contributed by atoms with Gasteiger partial charge >= 0.3 is 0 Å². The molecule has 0 atom stereocenters. The molecule has 0 radical (unpaired) electrons. The molecule has 286 valence electrons. The van der Waals surface area contributed by atoms with Crippen LogP contribution in [0.15, 0.2) is 108 Å². The first kappa shape index (κ1) is 38.2. The lowest BCUT2D eigenvalue weighted by Gasteiger charge is -2.14. The molecule has 0 saturated heterocycles. The molecule has 9 heteroatoms. The summed E-state index contributed by atoms with van der Waals surface area (Å²) in [5.74, 6) is 1.46. The Labute approximate surface area is 355 Å². The van der Waals surface area contributed by atoms with Crippen LogP contribution in [-0.2, 0) is 12.8 Å². The molecule has 0 aliphatic carbocycles. The highest BCUT2D eigenvalue weighted by Crippen LogP contribution is 2.49. The van der Waals surface area contributed by atoms with Crippen LogP contribution in [0.2, 0.25) is 0 Å². The summed E-state index contributed by atoms with van der Waals surface area (Å²) in [4.78, 5) is 18.1. The van der Waals surface area contributed by atoms with E-state index >= 15 is 0 Å². The van der Waals surface area contributed by atoms with Crippen LogP contribution in [0.5, 0.6) is 0 Å². The first-order valence-electron chi connectivity index (χ1n) is 20.0. The van der Waals surface area contributed by atoms with Crippen LogP contribution in [0.4, 0.5) is 0 Å². The highest BCUT2D eigenvalue weighted by atomic mass is 32.1. The second kappa shape index (κ2) is 16.8. The van der Waals surface area contributed by atoms with Crippen LogP contribution in [0.1, 0.15) is 64.5 Å². The van der Waals surface area contributed by atoms with Crippen LogP contribution < -0.4 is 0 Å². The van der Waals surface area contributed by atoms with E-state index in [0.717, 1.165) is 88.8 Å². The number of aromatic nitrogens is 4. The molecule has 57 heavy (non-hydrogen) atoms. The molecule has 0 unspecified atom stereocenters. The summed E-state index contributed by atoms with van der Waals surface area (Å²) in [7, 11) is 0. The molecule has 6 aromatic heterocycles. The third-order valence-electron chi connectivity index (χ3n) is 11.4. The number of thiophene rings is 4. The number of benzene rings is 3. The van der Waals surface area contributed by atoms with Crippen LogP contribution in [0, 0.1) is 11.8 Å². The van der Waals surface area contributed by atoms with Gasteiger partial charge in [-0.25, -0.2) is 9.97 Å². The molecule has 0 bridgehead atoms. The van der Waals surface area contributed by atoms with Gasteiger partial charge in [0.2, 0.25) is 0 Å². The molecule has 0 aliphatic rings. The Morgan fingerprint density at radius 2 is 0.842 bits per heavy atom. The van der Waals surface area contributed by atoms with Crippen molar-refractivity contribution in [2.75, 3.05) is 0 Å². The average Bonchev–Trinajstić information content (AvgIpc) is 4.11. The molecule has 4 nitrogen and oxygen atoms in total. The Bertz CT molecular complexity index is 2540. The third kappa shape index (κ3) is 7.56. The van der Waals surface area contributed by atoms with E-state index in [1.54, 1.807) is 45.3 Å². The van der Waals surface area contributed by atoms with E-state index < -0.39 is 0 Å². The summed E-state index contributed by atoms with van der Waals surface area (Å²) in [6.45, 7) is 9.18. The monoisotopic (exact) mass is 836 g/mol. The molecule has 0 fully saturated rings. The number of hydrogen-bond acceptors (Lipinski definition) is 9. The van der Waals surface area contributed by atoms with Gasteiger partial charge in [-0.1, -0.05) is 114 Å². The van der Waals surface area contributed by atoms with Gasteiger partial charge in [0.25, 0.3) is 0 Å². The van der Waals surface area contributed by atoms with Crippen molar-refractivity contribution < 1.29 is 0 Å². The van der Waals surface area contributed by atoms with Gasteiger partial charge in [-0.05, 0) is 94.1 Å². The van der Waals surface area contributed by atoms with Crippen molar-refractivity contribution in [2.45, 2.75) is 66.2 Å². The van der Waals surface area contributed by atoms with E-state index in [0.29, 0.717) is 0 Å². The molecule has 0 spiro atoms. The number of rotatable bonds is 14. The lowest BCUT2D eigenvalue weighted by molar-refractivity contribution is 0.490. The summed E-state index contributed by atoms with van der Waals surface area (Å²) >= 11 is 8.26. The van der Waals surface area contributed by atoms with Crippen molar-refractivity contribution in [3.05, 3.63) is 119 Å². The molecule has 9 rings (SSSR count). The van der Waals surface area contributed by atoms with Crippen molar-refractivity contribution in [2.24, 2.45) is 11.8 Å². The predicted molar refractivity (Wildman–Crippen MR) is 250 cm³/mol. The number of nitrogens with zero attached hydrogens (tertiary/aromatic N) is 4. The minimum absolute atomic E-state index is 0.728. The SMILES string of the molecule is CCC(CC)Cc1ccc(-c2ccc(-c3c4nsnc4c(-c4ccc(-c5ccc(CC(CC)CC)cc5)s4)c4nc(-c5cccs5)c(-c5cccs5)nc34)s2)cc1. The second-order valence-corrected chi connectivity index (χ2v) is 19.4. The minimum Gasteiger partial charge on any atom is -0.242 e. The van der Waals surface area contributed by atoms with Crippen molar-refractivity contribution in [3.8, 4) is 62.9 Å². The van der Waals surface area contributed by atoms with Crippen LogP contribution in [0.3, 0.4) is 0 Å². The Kier molecular flexibility index (Phi) is 11.3. The van der Waals surface area contributed by atoms with Gasteiger partial charge < -0.3 is 0 Å². The van der Waals surface area contributed by atoms with Gasteiger partial charge in [-0.2, -0.15) is 8.75 Å². The van der Waals surface area contributed by atoms with Crippen LogP contribution in [0.25, 0.3) is 85.0 Å². The van der Waals surface area contributed by atoms with Gasteiger partial charge in [0.15, 0.2) is 0 Å². The first-order chi connectivity index (χ1) is 28.0. The Balaban J connectivity index is 1.20. The molecule has 0 aliphatic heterocycles. The zero-order chi connectivity index (χ0) is 38.9. The summed E-state index contributed by atoms with van der Waals surface area (Å²) in [6, 6.07) is 35.8. The molecule has 9 aromatic rings. The zero-order valence-corrected chi connectivity index (χ0v) is 36.7. The number of hydrogen-bond donors (Lipinski definition) is 0. The molecular formula is C48H44N4S5. The predicted octanol–water partition coefficient (Wildman–Crippen LogP) is 15.8. The van der Waals surface area contributed by atoms with Crippen molar-refractivity contribution in [3.63, 3.8) is 0 Å². The smallest absolute Gasteiger partial charge is 0.116 e. The maximum atomic E-state index is 5.62. The van der Waals surface area contributed by atoms with E-state index in [-0.39, 0.29) is 0 Å². The Morgan fingerprint density at radius 1 is 0.439 bits per heavy atom. The maximum Gasteiger partial charge on any atom is 0.116 e. The minimum atomic E-state index is 0.728. The molecule has 0 amide bonds. The van der Waals surface area contributed by atoms with Gasteiger partial charge in [0, 0.05) is 30.6 Å². The van der Waals surface area contributed by atoms with E-state index in [9.17, 15) is 0 Å². The summed E-state index contributed by atoms with van der Waals surface area (Å²) in [5, 5.41) is 4.23. The third-order valence-corrected chi connectivity index (χ3v) is 16.0. The van der Waals surface area contributed by atoms with E-state index in [2.05, 4.69) is 136 Å². The molecule has 0 saturated carbocycles. The standard InChI is InChI=1S/C48H44N4S5/c1-5-29(6-2)27-31-13-17-33(18-14-31)35-21-23-37(55-35)41-45-46(50-44(40-12-10-26-54-40)43(49-45)39-11-9-25-53-39)42(48-47(41)51-57-52-48)38-24-22-36(56-38)34-19-15-32(16-20-34)28-30(7-3)8-4/h9-26,29-30H,5-8,27-28H2,1-4H3. The fourth-order valence-corrected chi connectivity index (χ4v) is 12.0. The van der Waals surface area contributed by atoms with E-state index in [1.807, 2.05) is 0 Å². The largest absolute Gasteiger partial charge is 0.242 e. The fraction of sp³-hybridized carbons (Fsp3) is 0.250. The van der Waals surface area contributed by atoms with Crippen LogP contribution in [-0.4, -0.2) is 18.7 Å². The highest BCUT2D eigenvalue weighted by Gasteiger charge is 2.27. The van der Waals surface area contributed by atoms with Crippen molar-refractivity contribution in [1.82, 2.24) is 18.7 Å². The first-order valence-corrected chi connectivity index (χ1v) is 24.1. The summed E-state index contributed by atoms with van der Waals surface area (Å²) in [6.07, 6.45) is 7.11. The van der Waals surface area contributed by atoms with Gasteiger partial charge in [-0.15, -0.1) is 45.3 Å². The lowest BCUT2D eigenvalue weighted by Crippen LogP contribution is -2.01. The maximum absolute atomic E-state index is 5.62.